The van der Waals surface area contributed by atoms with Crippen molar-refractivity contribution in [2.75, 3.05) is 18.5 Å². The normalized spacial score (nSPS) is 13.4. The van der Waals surface area contributed by atoms with Crippen LogP contribution in [0.15, 0.2) is 12.1 Å². The molecule has 0 aromatic heterocycles. The number of unbranched alkanes of at least 4 members (excludes halogenated alkanes) is 2. The van der Waals surface area contributed by atoms with Crippen LogP contribution in [0.2, 0.25) is 0 Å². The van der Waals surface area contributed by atoms with Gasteiger partial charge in [0.05, 0.1) is 6.61 Å². The lowest BCUT2D eigenvalue weighted by atomic mass is 9.97. The topological polar surface area (TPSA) is 47.6 Å². The summed E-state index contributed by atoms with van der Waals surface area (Å²) in [5.41, 5.74) is 2.09. The number of rotatable bonds is 11. The Kier molecular flexibility index (Phi) is 8.98. The third-order valence-electron chi connectivity index (χ3n) is 4.41. The van der Waals surface area contributed by atoms with E-state index in [0.29, 0.717) is 6.61 Å². The van der Waals surface area contributed by atoms with E-state index in [2.05, 4.69) is 19.2 Å². The molecule has 0 bridgehead atoms. The molecule has 0 spiro atoms. The molecule has 1 aromatic rings. The minimum atomic E-state index is -0.789. The second kappa shape index (κ2) is 10.4. The second-order valence-corrected chi connectivity index (χ2v) is 6.86. The van der Waals surface area contributed by atoms with Gasteiger partial charge in [-0.3, -0.25) is 4.79 Å². The summed E-state index contributed by atoms with van der Waals surface area (Å²) in [6, 6.07) is 3.94. The molecule has 0 aliphatic rings. The second-order valence-electron chi connectivity index (χ2n) is 6.86. The minimum absolute atomic E-state index is 0.0822. The maximum atomic E-state index is 12.8. The molecule has 4 heteroatoms. The van der Waals surface area contributed by atoms with Crippen molar-refractivity contribution in [3.05, 3.63) is 23.3 Å². The Bertz CT molecular complexity index is 533. The lowest BCUT2D eigenvalue weighted by Gasteiger charge is -2.28. The van der Waals surface area contributed by atoms with E-state index >= 15 is 0 Å². The molecular formula is C21H35NO3. The van der Waals surface area contributed by atoms with Crippen LogP contribution in [0, 0.1) is 13.8 Å². The summed E-state index contributed by atoms with van der Waals surface area (Å²) in [7, 11) is 0. The third kappa shape index (κ3) is 6.35. The van der Waals surface area contributed by atoms with E-state index in [4.69, 9.17) is 9.47 Å². The molecule has 1 N–H and O–H groups in total. The van der Waals surface area contributed by atoms with Crippen LogP contribution in [0.4, 0.5) is 5.69 Å². The van der Waals surface area contributed by atoms with Crippen molar-refractivity contribution in [3.63, 3.8) is 0 Å². The van der Waals surface area contributed by atoms with E-state index < -0.39 is 5.60 Å². The molecule has 0 saturated heterocycles. The summed E-state index contributed by atoms with van der Waals surface area (Å²) in [5, 5.41) is 3.03. The zero-order valence-corrected chi connectivity index (χ0v) is 16.8. The fraction of sp³-hybridized carbons (Fsp3) is 0.667. The van der Waals surface area contributed by atoms with Gasteiger partial charge < -0.3 is 14.8 Å². The number of anilines is 1. The number of aryl methyl sites for hydroxylation is 2. The summed E-state index contributed by atoms with van der Waals surface area (Å²) in [5.74, 6) is 0.839. The molecule has 0 aliphatic carbocycles. The highest BCUT2D eigenvalue weighted by Gasteiger charge is 2.33. The number of carbonyl (C=O) groups excluding carboxylic acids is 1. The highest BCUT2D eigenvalue weighted by Crippen LogP contribution is 2.29. The average Bonchev–Trinajstić information content (AvgIpc) is 2.55. The van der Waals surface area contributed by atoms with Crippen LogP contribution in [0.25, 0.3) is 0 Å². The molecule has 1 amide bonds. The molecule has 1 atom stereocenters. The standard InChI is InChI=1S/C21H35NO3/c1-7-10-12-21(6,25-9-3)20(23)22-18-14-16(4)19(17(5)15-18)24-13-11-8-2/h14-15H,7-13H2,1-6H3,(H,22,23)/t21-/m0/s1. The van der Waals surface area contributed by atoms with Gasteiger partial charge in [-0.25, -0.2) is 0 Å². The molecule has 0 radical (unpaired) electrons. The van der Waals surface area contributed by atoms with Crippen molar-refractivity contribution in [1.29, 1.82) is 0 Å². The fourth-order valence-corrected chi connectivity index (χ4v) is 2.92. The first-order chi connectivity index (χ1) is 11.9. The van der Waals surface area contributed by atoms with Crippen molar-refractivity contribution in [2.24, 2.45) is 0 Å². The predicted molar refractivity (Wildman–Crippen MR) is 105 cm³/mol. The molecule has 0 saturated carbocycles. The Balaban J connectivity index is 2.88. The first-order valence-electron chi connectivity index (χ1n) is 9.57. The highest BCUT2D eigenvalue weighted by atomic mass is 16.5. The van der Waals surface area contributed by atoms with Crippen LogP contribution in [0.5, 0.6) is 5.75 Å². The molecule has 4 nitrogen and oxygen atoms in total. The van der Waals surface area contributed by atoms with Crippen LogP contribution in [-0.4, -0.2) is 24.7 Å². The molecule has 25 heavy (non-hydrogen) atoms. The summed E-state index contributed by atoms with van der Waals surface area (Å²) >= 11 is 0. The lowest BCUT2D eigenvalue weighted by molar-refractivity contribution is -0.139. The van der Waals surface area contributed by atoms with Crippen LogP contribution in [0.3, 0.4) is 0 Å². The van der Waals surface area contributed by atoms with Gasteiger partial charge in [0.15, 0.2) is 0 Å². The Labute approximate surface area is 153 Å². The number of hydrogen-bond acceptors (Lipinski definition) is 3. The molecule has 0 aliphatic heterocycles. The number of hydrogen-bond donors (Lipinski definition) is 1. The number of benzene rings is 1. The van der Waals surface area contributed by atoms with Gasteiger partial charge in [-0.2, -0.15) is 0 Å². The van der Waals surface area contributed by atoms with Crippen molar-refractivity contribution in [2.45, 2.75) is 79.2 Å². The van der Waals surface area contributed by atoms with Crippen molar-refractivity contribution in [1.82, 2.24) is 0 Å². The van der Waals surface area contributed by atoms with Gasteiger partial charge >= 0.3 is 0 Å². The molecular weight excluding hydrogens is 314 g/mol. The highest BCUT2D eigenvalue weighted by molar-refractivity contribution is 5.97. The summed E-state index contributed by atoms with van der Waals surface area (Å²) in [6.07, 6.45) is 4.88. The quantitative estimate of drug-likeness (QED) is 0.544. The summed E-state index contributed by atoms with van der Waals surface area (Å²) < 4.78 is 11.7. The minimum Gasteiger partial charge on any atom is -0.493 e. The van der Waals surface area contributed by atoms with Gasteiger partial charge in [0.25, 0.3) is 5.91 Å². The van der Waals surface area contributed by atoms with Crippen LogP contribution >= 0.6 is 0 Å². The Morgan fingerprint density at radius 1 is 1.08 bits per heavy atom. The Morgan fingerprint density at radius 3 is 2.20 bits per heavy atom. The van der Waals surface area contributed by atoms with E-state index in [1.165, 1.54) is 0 Å². The molecule has 1 aromatic carbocycles. The van der Waals surface area contributed by atoms with Crippen LogP contribution < -0.4 is 10.1 Å². The average molecular weight is 350 g/mol. The maximum absolute atomic E-state index is 12.8. The van der Waals surface area contributed by atoms with E-state index in [1.54, 1.807) is 0 Å². The third-order valence-corrected chi connectivity index (χ3v) is 4.41. The molecule has 0 unspecified atom stereocenters. The maximum Gasteiger partial charge on any atom is 0.256 e. The fourth-order valence-electron chi connectivity index (χ4n) is 2.92. The van der Waals surface area contributed by atoms with Gasteiger partial charge in [0, 0.05) is 12.3 Å². The van der Waals surface area contributed by atoms with Crippen molar-refractivity contribution in [3.8, 4) is 5.75 Å². The van der Waals surface area contributed by atoms with E-state index in [9.17, 15) is 4.79 Å². The van der Waals surface area contributed by atoms with Crippen molar-refractivity contribution >= 4 is 11.6 Å². The number of ether oxygens (including phenoxy) is 2. The zero-order chi connectivity index (χ0) is 18.9. The van der Waals surface area contributed by atoms with Gasteiger partial charge in [0.2, 0.25) is 0 Å². The van der Waals surface area contributed by atoms with Gasteiger partial charge in [-0.15, -0.1) is 0 Å². The predicted octanol–water partition coefficient (Wildman–Crippen LogP) is 5.41. The van der Waals surface area contributed by atoms with Crippen molar-refractivity contribution < 1.29 is 14.3 Å². The smallest absolute Gasteiger partial charge is 0.256 e. The number of nitrogens with one attached hydrogen (secondary N) is 1. The van der Waals surface area contributed by atoms with E-state index in [-0.39, 0.29) is 5.91 Å². The number of carbonyl (C=O) groups is 1. The Morgan fingerprint density at radius 2 is 1.68 bits per heavy atom. The Hall–Kier alpha value is -1.55. The summed E-state index contributed by atoms with van der Waals surface area (Å²) in [4.78, 5) is 12.8. The van der Waals surface area contributed by atoms with Crippen LogP contribution in [0.1, 0.15) is 70.9 Å². The first-order valence-corrected chi connectivity index (χ1v) is 9.57. The first kappa shape index (κ1) is 21.5. The largest absolute Gasteiger partial charge is 0.493 e. The molecule has 1 rings (SSSR count). The summed E-state index contributed by atoms with van der Waals surface area (Å²) in [6.45, 7) is 13.4. The van der Waals surface area contributed by atoms with E-state index in [0.717, 1.165) is 61.3 Å². The zero-order valence-electron chi connectivity index (χ0n) is 16.8. The molecule has 0 fully saturated rings. The van der Waals surface area contributed by atoms with Gasteiger partial charge in [-0.05, 0) is 63.8 Å². The monoisotopic (exact) mass is 349 g/mol. The molecule has 142 valence electrons. The van der Waals surface area contributed by atoms with Gasteiger partial charge in [-0.1, -0.05) is 33.1 Å². The lowest BCUT2D eigenvalue weighted by Crippen LogP contribution is -2.42. The molecule has 0 heterocycles. The van der Waals surface area contributed by atoms with Gasteiger partial charge in [0.1, 0.15) is 11.4 Å². The number of amides is 1. The SMILES string of the molecule is CCCCOc1c(C)cc(NC(=O)[C@](C)(CCCC)OCC)cc1C. The van der Waals surface area contributed by atoms with E-state index in [1.807, 2.05) is 39.8 Å². The van der Waals surface area contributed by atoms with Crippen LogP contribution in [-0.2, 0) is 9.53 Å².